The van der Waals surface area contributed by atoms with E-state index < -0.39 is 0 Å². The van der Waals surface area contributed by atoms with Crippen molar-refractivity contribution in [3.8, 4) is 0 Å². The zero-order valence-electron chi connectivity index (χ0n) is 9.26. The third-order valence-electron chi connectivity index (χ3n) is 2.48. The molecule has 2 N–H and O–H groups in total. The Hall–Kier alpha value is -1.97. The molecule has 0 fully saturated rings. The highest BCUT2D eigenvalue weighted by molar-refractivity contribution is 5.65. The summed E-state index contributed by atoms with van der Waals surface area (Å²) in [6, 6.07) is 5.76. The number of nitrogen functional groups attached to an aromatic ring is 1. The molecule has 0 bridgehead atoms. The Labute approximate surface area is 94.7 Å². The lowest BCUT2D eigenvalue weighted by Crippen LogP contribution is -2.22. The Morgan fingerprint density at radius 3 is 2.94 bits per heavy atom. The van der Waals surface area contributed by atoms with E-state index in [1.807, 2.05) is 18.2 Å². The lowest BCUT2D eigenvalue weighted by atomic mass is 10.3. The number of hydrogen-bond acceptors (Lipinski definition) is 4. The van der Waals surface area contributed by atoms with Crippen molar-refractivity contribution in [2.24, 2.45) is 0 Å². The largest absolute Gasteiger partial charge is 0.467 e. The van der Waals surface area contributed by atoms with Crippen LogP contribution in [0.15, 0.2) is 41.3 Å². The summed E-state index contributed by atoms with van der Waals surface area (Å²) in [7, 11) is 0. The van der Waals surface area contributed by atoms with E-state index >= 15 is 0 Å². The first-order valence-corrected chi connectivity index (χ1v) is 5.28. The van der Waals surface area contributed by atoms with E-state index in [1.54, 1.807) is 18.7 Å². The highest BCUT2D eigenvalue weighted by Gasteiger charge is 2.09. The van der Waals surface area contributed by atoms with Crippen molar-refractivity contribution in [2.75, 3.05) is 17.2 Å². The van der Waals surface area contributed by atoms with Gasteiger partial charge in [-0.15, -0.1) is 0 Å². The van der Waals surface area contributed by atoms with Gasteiger partial charge in [-0.1, -0.05) is 0 Å². The molecule has 2 heterocycles. The molecule has 0 saturated carbocycles. The van der Waals surface area contributed by atoms with E-state index in [0.717, 1.165) is 24.5 Å². The van der Waals surface area contributed by atoms with Crippen LogP contribution in [0.25, 0.3) is 0 Å². The fourth-order valence-electron chi connectivity index (χ4n) is 1.65. The van der Waals surface area contributed by atoms with Crippen molar-refractivity contribution in [3.63, 3.8) is 0 Å². The molecular weight excluding hydrogens is 202 g/mol. The molecule has 4 heteroatoms. The molecule has 0 radical (unpaired) electrons. The Balaban J connectivity index is 2.20. The average molecular weight is 217 g/mol. The minimum Gasteiger partial charge on any atom is -0.467 e. The first-order chi connectivity index (χ1) is 7.81. The predicted octanol–water partition coefficient (Wildman–Crippen LogP) is 2.28. The van der Waals surface area contributed by atoms with Crippen LogP contribution < -0.4 is 10.6 Å². The summed E-state index contributed by atoms with van der Waals surface area (Å²) in [6.45, 7) is 3.68. The fourth-order valence-corrected chi connectivity index (χ4v) is 1.65. The Morgan fingerprint density at radius 2 is 2.31 bits per heavy atom. The van der Waals surface area contributed by atoms with Gasteiger partial charge in [0.1, 0.15) is 5.76 Å². The van der Waals surface area contributed by atoms with E-state index in [0.29, 0.717) is 5.69 Å². The first kappa shape index (κ1) is 10.5. The molecule has 84 valence electrons. The van der Waals surface area contributed by atoms with Crippen molar-refractivity contribution < 1.29 is 4.42 Å². The molecule has 0 saturated heterocycles. The van der Waals surface area contributed by atoms with Crippen molar-refractivity contribution in [3.05, 3.63) is 42.6 Å². The number of rotatable bonds is 4. The Kier molecular flexibility index (Phi) is 3.10. The van der Waals surface area contributed by atoms with Gasteiger partial charge in [0.05, 0.1) is 30.4 Å². The van der Waals surface area contributed by atoms with E-state index in [-0.39, 0.29) is 0 Å². The van der Waals surface area contributed by atoms with Gasteiger partial charge in [-0.2, -0.15) is 0 Å². The molecule has 0 aromatic carbocycles. The molecule has 2 rings (SSSR count). The minimum absolute atomic E-state index is 0.691. The molecule has 0 atom stereocenters. The van der Waals surface area contributed by atoms with Crippen LogP contribution in [0.1, 0.15) is 12.7 Å². The molecular formula is C12H15N3O. The lowest BCUT2D eigenvalue weighted by molar-refractivity contribution is 0.504. The summed E-state index contributed by atoms with van der Waals surface area (Å²) < 4.78 is 5.33. The Bertz CT molecular complexity index is 439. The molecule has 4 nitrogen and oxygen atoms in total. The smallest absolute Gasteiger partial charge is 0.123 e. The van der Waals surface area contributed by atoms with Gasteiger partial charge in [-0.05, 0) is 25.1 Å². The van der Waals surface area contributed by atoms with Crippen LogP contribution in [-0.4, -0.2) is 11.5 Å². The highest BCUT2D eigenvalue weighted by Crippen LogP contribution is 2.22. The van der Waals surface area contributed by atoms with Crippen molar-refractivity contribution in [1.82, 2.24) is 4.98 Å². The normalized spacial score (nSPS) is 10.3. The van der Waals surface area contributed by atoms with Gasteiger partial charge >= 0.3 is 0 Å². The number of anilines is 2. The summed E-state index contributed by atoms with van der Waals surface area (Å²) >= 11 is 0. The monoisotopic (exact) mass is 217 g/mol. The van der Waals surface area contributed by atoms with Crippen molar-refractivity contribution in [1.29, 1.82) is 0 Å². The quantitative estimate of drug-likeness (QED) is 0.853. The van der Waals surface area contributed by atoms with Gasteiger partial charge in [0.2, 0.25) is 0 Å². The summed E-state index contributed by atoms with van der Waals surface area (Å²) in [5.41, 5.74) is 7.58. The van der Waals surface area contributed by atoms with Crippen LogP contribution in [0, 0.1) is 0 Å². The summed E-state index contributed by atoms with van der Waals surface area (Å²) in [5, 5.41) is 0. The molecule has 2 aromatic heterocycles. The summed E-state index contributed by atoms with van der Waals surface area (Å²) in [6.07, 6.45) is 5.09. The highest BCUT2D eigenvalue weighted by atomic mass is 16.3. The van der Waals surface area contributed by atoms with E-state index in [4.69, 9.17) is 10.2 Å². The second-order valence-corrected chi connectivity index (χ2v) is 3.53. The third kappa shape index (κ3) is 2.16. The zero-order chi connectivity index (χ0) is 11.4. The number of nitrogens with zero attached hydrogens (tertiary/aromatic N) is 2. The number of hydrogen-bond donors (Lipinski definition) is 1. The molecule has 2 aromatic rings. The van der Waals surface area contributed by atoms with Gasteiger partial charge < -0.3 is 15.1 Å². The predicted molar refractivity (Wildman–Crippen MR) is 64.1 cm³/mol. The Morgan fingerprint density at radius 1 is 1.44 bits per heavy atom. The number of nitrogens with two attached hydrogens (primary N) is 1. The minimum atomic E-state index is 0.691. The van der Waals surface area contributed by atoms with Crippen molar-refractivity contribution >= 4 is 11.4 Å². The molecule has 0 amide bonds. The van der Waals surface area contributed by atoms with Crippen LogP contribution >= 0.6 is 0 Å². The van der Waals surface area contributed by atoms with E-state index in [9.17, 15) is 0 Å². The molecule has 0 aliphatic heterocycles. The lowest BCUT2D eigenvalue weighted by Gasteiger charge is -2.23. The van der Waals surface area contributed by atoms with Gasteiger partial charge in [0.25, 0.3) is 0 Å². The maximum atomic E-state index is 5.89. The molecule has 0 unspecified atom stereocenters. The van der Waals surface area contributed by atoms with Gasteiger partial charge in [0.15, 0.2) is 0 Å². The van der Waals surface area contributed by atoms with Gasteiger partial charge in [-0.3, -0.25) is 4.98 Å². The van der Waals surface area contributed by atoms with E-state index in [2.05, 4.69) is 16.8 Å². The maximum absolute atomic E-state index is 5.89. The zero-order valence-corrected chi connectivity index (χ0v) is 9.26. The number of furan rings is 1. The van der Waals surface area contributed by atoms with Crippen LogP contribution in [-0.2, 0) is 6.54 Å². The fraction of sp³-hybridized carbons (Fsp3) is 0.250. The van der Waals surface area contributed by atoms with E-state index in [1.165, 1.54) is 0 Å². The molecule has 16 heavy (non-hydrogen) atoms. The molecule has 0 aliphatic rings. The second-order valence-electron chi connectivity index (χ2n) is 3.53. The van der Waals surface area contributed by atoms with Crippen LogP contribution in [0.5, 0.6) is 0 Å². The number of pyridine rings is 1. The number of aromatic nitrogens is 1. The maximum Gasteiger partial charge on any atom is 0.123 e. The molecule has 0 aliphatic carbocycles. The summed E-state index contributed by atoms with van der Waals surface area (Å²) in [4.78, 5) is 6.13. The van der Waals surface area contributed by atoms with Crippen LogP contribution in [0.4, 0.5) is 11.4 Å². The topological polar surface area (TPSA) is 55.3 Å². The average Bonchev–Trinajstić information content (AvgIpc) is 2.80. The SMILES string of the molecule is CCN(Cc1ccco1)c1ccncc1N. The second kappa shape index (κ2) is 4.70. The first-order valence-electron chi connectivity index (χ1n) is 5.28. The van der Waals surface area contributed by atoms with Gasteiger partial charge in [-0.25, -0.2) is 0 Å². The molecule has 0 spiro atoms. The van der Waals surface area contributed by atoms with Gasteiger partial charge in [0, 0.05) is 12.7 Å². The van der Waals surface area contributed by atoms with Crippen LogP contribution in [0.3, 0.4) is 0 Å². The standard InChI is InChI=1S/C12H15N3O/c1-2-15(9-10-4-3-7-16-10)12-5-6-14-8-11(12)13/h3-8H,2,9,13H2,1H3. The third-order valence-corrected chi connectivity index (χ3v) is 2.48. The van der Waals surface area contributed by atoms with Crippen LogP contribution in [0.2, 0.25) is 0 Å². The van der Waals surface area contributed by atoms with Crippen molar-refractivity contribution in [2.45, 2.75) is 13.5 Å². The summed E-state index contributed by atoms with van der Waals surface area (Å²) in [5.74, 6) is 0.929.